The maximum Gasteiger partial charge on any atom is 0.225 e. The van der Waals surface area contributed by atoms with Crippen LogP contribution in [0.3, 0.4) is 0 Å². The van der Waals surface area contributed by atoms with Crippen LogP contribution in [-0.4, -0.2) is 128 Å². The van der Waals surface area contributed by atoms with Crippen LogP contribution in [0.5, 0.6) is 0 Å². The maximum absolute atomic E-state index is 13.0. The molecule has 17 unspecified atom stereocenters. The van der Waals surface area contributed by atoms with E-state index in [9.17, 15) is 9.59 Å². The molecule has 0 aromatic rings. The van der Waals surface area contributed by atoms with Crippen LogP contribution in [-0.2, 0) is 47.6 Å². The molecule has 2 aliphatic heterocycles. The van der Waals surface area contributed by atoms with Gasteiger partial charge in [-0.2, -0.15) is 5.48 Å². The largest absolute Gasteiger partial charge is 0.379 e. The smallest absolute Gasteiger partial charge is 0.225 e. The minimum atomic E-state index is -0.332. The Labute approximate surface area is 323 Å². The Balaban J connectivity index is 0.968. The Morgan fingerprint density at radius 1 is 0.722 bits per heavy atom. The Bertz CT molecular complexity index is 1190. The summed E-state index contributed by atoms with van der Waals surface area (Å²) in [6, 6.07) is 0.389. The zero-order valence-corrected chi connectivity index (χ0v) is 34.1. The lowest BCUT2D eigenvalue weighted by Crippen LogP contribution is -2.65. The number of rotatable bonds is 15. The molecule has 6 aliphatic rings. The highest BCUT2D eigenvalue weighted by Gasteiger charge is 2.49. The molecular formula is C41H71N3O10. The van der Waals surface area contributed by atoms with Crippen molar-refractivity contribution in [3.05, 3.63) is 0 Å². The molecule has 13 nitrogen and oxygen atoms in total. The third-order valence-electron chi connectivity index (χ3n) is 14.4. The number of carbonyl (C=O) groups is 2. The summed E-state index contributed by atoms with van der Waals surface area (Å²) in [5.74, 6) is 1.50. The number of amides is 1. The summed E-state index contributed by atoms with van der Waals surface area (Å²) in [4.78, 5) is 31.9. The number of hydrogen-bond donors (Lipinski definition) is 3. The van der Waals surface area contributed by atoms with Crippen LogP contribution in [0, 0.1) is 41.4 Å². The highest BCUT2D eigenvalue weighted by atomic mass is 16.7. The van der Waals surface area contributed by atoms with E-state index in [1.165, 1.54) is 6.42 Å². The summed E-state index contributed by atoms with van der Waals surface area (Å²) < 4.78 is 42.6. The van der Waals surface area contributed by atoms with Gasteiger partial charge in [0, 0.05) is 59.5 Å². The van der Waals surface area contributed by atoms with Crippen molar-refractivity contribution in [2.45, 2.75) is 165 Å². The molecule has 13 heteroatoms. The van der Waals surface area contributed by atoms with Gasteiger partial charge in [0.1, 0.15) is 12.4 Å². The highest BCUT2D eigenvalue weighted by molar-refractivity contribution is 5.80. The Kier molecular flexibility index (Phi) is 15.3. The van der Waals surface area contributed by atoms with Crippen molar-refractivity contribution in [2.75, 3.05) is 42.2 Å². The van der Waals surface area contributed by atoms with Gasteiger partial charge in [0.05, 0.1) is 67.5 Å². The fourth-order valence-electron chi connectivity index (χ4n) is 10.9. The van der Waals surface area contributed by atoms with E-state index in [0.29, 0.717) is 24.9 Å². The van der Waals surface area contributed by atoms with E-state index in [1.807, 2.05) is 0 Å². The van der Waals surface area contributed by atoms with E-state index in [2.05, 4.69) is 36.9 Å². The first kappa shape index (κ1) is 42.3. The van der Waals surface area contributed by atoms with Gasteiger partial charge < -0.3 is 43.3 Å². The minimum absolute atomic E-state index is 0.0143. The van der Waals surface area contributed by atoms with Crippen LogP contribution in [0.15, 0.2) is 0 Å². The molecule has 0 spiro atoms. The fraction of sp³-hybridized carbons (Fsp3) is 0.951. The van der Waals surface area contributed by atoms with Crippen molar-refractivity contribution in [3.8, 4) is 0 Å². The SMILES string of the molecule is COC1CC(C2NC(=O)C3CC(C)CCC3N2)CCC1OCC(C)C(C)OC1C(C=O)CC(C2CC(C3CC(OC)C(OC)C(OC)C3)ON2)CC1OC. The van der Waals surface area contributed by atoms with Crippen molar-refractivity contribution in [2.24, 2.45) is 41.4 Å². The quantitative estimate of drug-likeness (QED) is 0.209. The zero-order valence-electron chi connectivity index (χ0n) is 34.1. The van der Waals surface area contributed by atoms with Crippen LogP contribution in [0.4, 0.5) is 0 Å². The second-order valence-corrected chi connectivity index (χ2v) is 17.7. The van der Waals surface area contributed by atoms with E-state index in [-0.39, 0.29) is 109 Å². The van der Waals surface area contributed by atoms with Gasteiger partial charge in [0.15, 0.2) is 0 Å². The van der Waals surface area contributed by atoms with Crippen molar-refractivity contribution < 1.29 is 47.6 Å². The first-order chi connectivity index (χ1) is 26.1. The lowest BCUT2D eigenvalue weighted by atomic mass is 9.72. The van der Waals surface area contributed by atoms with Gasteiger partial charge in [-0.3, -0.25) is 14.9 Å². The molecule has 54 heavy (non-hydrogen) atoms. The molecule has 0 bridgehead atoms. The molecule has 6 fully saturated rings. The van der Waals surface area contributed by atoms with E-state index in [4.69, 9.17) is 38.0 Å². The lowest BCUT2D eigenvalue weighted by Gasteiger charge is -2.46. The summed E-state index contributed by atoms with van der Waals surface area (Å²) in [6.45, 7) is 7.00. The number of methoxy groups -OCH3 is 5. The van der Waals surface area contributed by atoms with Gasteiger partial charge in [-0.25, -0.2) is 0 Å². The molecule has 0 radical (unpaired) electrons. The van der Waals surface area contributed by atoms with E-state index >= 15 is 0 Å². The Morgan fingerprint density at radius 3 is 2.06 bits per heavy atom. The molecule has 0 aromatic heterocycles. The van der Waals surface area contributed by atoms with Crippen LogP contribution >= 0.6 is 0 Å². The number of hydroxylamine groups is 1. The van der Waals surface area contributed by atoms with Crippen molar-refractivity contribution >= 4 is 12.2 Å². The standard InChI is InChI=1S/C41H71N3O10/c1-22-9-11-30-29(13-22)41(46)43-40(42-30)25-10-12-32(34(15-25)47-4)52-21-23(2)24(3)53-38-28(20-45)14-26(16-35(38)48-5)31-19-33(54-44-31)27-17-36(49-6)39(51-8)37(18-27)50-7/h20,22-40,42,44H,9-19,21H2,1-8H3,(H,43,46). The molecular weight excluding hydrogens is 694 g/mol. The summed E-state index contributed by atoms with van der Waals surface area (Å²) in [7, 11) is 8.65. The molecule has 1 amide bonds. The molecule has 310 valence electrons. The van der Waals surface area contributed by atoms with Gasteiger partial charge >= 0.3 is 0 Å². The molecule has 6 rings (SSSR count). The van der Waals surface area contributed by atoms with Gasteiger partial charge in [-0.1, -0.05) is 13.8 Å². The Hall–Kier alpha value is -1.26. The van der Waals surface area contributed by atoms with Crippen molar-refractivity contribution in [3.63, 3.8) is 0 Å². The van der Waals surface area contributed by atoms with Crippen molar-refractivity contribution in [1.29, 1.82) is 0 Å². The lowest BCUT2D eigenvalue weighted by molar-refractivity contribution is -0.164. The summed E-state index contributed by atoms with van der Waals surface area (Å²) in [6.07, 6.45) is 10.1. The number of hydrogen-bond acceptors (Lipinski definition) is 12. The number of carbonyl (C=O) groups excluding carboxylic acids is 2. The first-order valence-electron chi connectivity index (χ1n) is 20.9. The van der Waals surface area contributed by atoms with Gasteiger partial charge in [-0.05, 0) is 101 Å². The maximum atomic E-state index is 13.0. The summed E-state index contributed by atoms with van der Waals surface area (Å²) >= 11 is 0. The molecule has 0 aromatic carbocycles. The monoisotopic (exact) mass is 766 g/mol. The predicted molar refractivity (Wildman–Crippen MR) is 201 cm³/mol. The van der Waals surface area contributed by atoms with E-state index in [1.54, 1.807) is 35.5 Å². The number of ether oxygens (including phenoxy) is 7. The molecule has 2 heterocycles. The third-order valence-corrected chi connectivity index (χ3v) is 14.4. The second-order valence-electron chi connectivity index (χ2n) is 17.7. The molecule has 2 saturated heterocycles. The first-order valence-corrected chi connectivity index (χ1v) is 20.9. The molecule has 4 saturated carbocycles. The number of fused-ring (bicyclic) bond motifs is 1. The van der Waals surface area contributed by atoms with Crippen LogP contribution in [0.1, 0.15) is 91.4 Å². The summed E-state index contributed by atoms with van der Waals surface area (Å²) in [5, 5.41) is 7.11. The molecule has 4 aliphatic carbocycles. The fourth-order valence-corrected chi connectivity index (χ4v) is 10.9. The molecule has 3 N–H and O–H groups in total. The highest BCUT2D eigenvalue weighted by Crippen LogP contribution is 2.42. The number of nitrogens with one attached hydrogen (secondary N) is 3. The van der Waals surface area contributed by atoms with Crippen molar-refractivity contribution in [1.82, 2.24) is 16.1 Å². The van der Waals surface area contributed by atoms with Gasteiger partial charge in [0.2, 0.25) is 5.91 Å². The predicted octanol–water partition coefficient (Wildman–Crippen LogP) is 3.80. The van der Waals surface area contributed by atoms with Crippen LogP contribution in [0.2, 0.25) is 0 Å². The summed E-state index contributed by atoms with van der Waals surface area (Å²) in [5.41, 5.74) is 3.35. The molecule has 17 atom stereocenters. The van der Waals surface area contributed by atoms with Crippen LogP contribution in [0.25, 0.3) is 0 Å². The van der Waals surface area contributed by atoms with Gasteiger partial charge in [0.25, 0.3) is 0 Å². The normalized spacial score (nSPS) is 45.6. The second kappa shape index (κ2) is 19.5. The Morgan fingerprint density at radius 2 is 1.39 bits per heavy atom. The average molecular weight is 766 g/mol. The number of aldehydes is 1. The minimum Gasteiger partial charge on any atom is -0.379 e. The third kappa shape index (κ3) is 9.54. The zero-order chi connectivity index (χ0) is 38.5. The van der Waals surface area contributed by atoms with Crippen LogP contribution < -0.4 is 16.1 Å². The topological polar surface area (TPSA) is 144 Å². The van der Waals surface area contributed by atoms with E-state index < -0.39 is 0 Å². The van der Waals surface area contributed by atoms with E-state index in [0.717, 1.165) is 64.1 Å². The van der Waals surface area contributed by atoms with Gasteiger partial charge in [-0.15, -0.1) is 0 Å². The average Bonchev–Trinajstić information content (AvgIpc) is 3.70.